The standard InChI is InChI=1S/C23H27ClN4O3/c1-17(27-10-12-30-13-11-27)14-25-23(29)15-28-21-5-3-2-4-20(21)26-22(28)16-31-19-8-6-18(24)7-9-19/h2-9,17H,10-16H2,1H3,(H,25,29). The highest BCUT2D eigenvalue weighted by Crippen LogP contribution is 2.20. The van der Waals surface area contributed by atoms with Gasteiger partial charge in [-0.1, -0.05) is 23.7 Å². The second kappa shape index (κ2) is 10.1. The number of imidazole rings is 1. The third kappa shape index (κ3) is 5.55. The van der Waals surface area contributed by atoms with Crippen molar-refractivity contribution < 1.29 is 14.3 Å². The van der Waals surface area contributed by atoms with Crippen LogP contribution in [-0.4, -0.2) is 59.2 Å². The first kappa shape index (κ1) is 21.6. The minimum absolute atomic E-state index is 0.0454. The fraction of sp³-hybridized carbons (Fsp3) is 0.391. The molecular weight excluding hydrogens is 416 g/mol. The summed E-state index contributed by atoms with van der Waals surface area (Å²) in [5.74, 6) is 1.36. The molecule has 2 aromatic carbocycles. The van der Waals surface area contributed by atoms with Gasteiger partial charge in [-0.3, -0.25) is 9.69 Å². The molecule has 1 atom stereocenters. The van der Waals surface area contributed by atoms with E-state index in [0.29, 0.717) is 23.1 Å². The molecule has 31 heavy (non-hydrogen) atoms. The lowest BCUT2D eigenvalue weighted by Gasteiger charge is -2.32. The van der Waals surface area contributed by atoms with E-state index in [0.717, 1.165) is 37.3 Å². The lowest BCUT2D eigenvalue weighted by atomic mass is 10.2. The second-order valence-electron chi connectivity index (χ2n) is 7.65. The number of para-hydroxylation sites is 2. The maximum Gasteiger partial charge on any atom is 0.240 e. The summed E-state index contributed by atoms with van der Waals surface area (Å²) in [6.07, 6.45) is 0. The Morgan fingerprint density at radius 2 is 1.94 bits per heavy atom. The molecule has 1 saturated heterocycles. The Kier molecular flexibility index (Phi) is 7.06. The number of nitrogens with zero attached hydrogens (tertiary/aromatic N) is 3. The molecule has 0 aliphatic carbocycles. The number of nitrogens with one attached hydrogen (secondary N) is 1. The van der Waals surface area contributed by atoms with Crippen LogP contribution in [0.3, 0.4) is 0 Å². The van der Waals surface area contributed by atoms with Crippen LogP contribution in [-0.2, 0) is 22.7 Å². The average molecular weight is 443 g/mol. The van der Waals surface area contributed by atoms with Crippen LogP contribution in [0.4, 0.5) is 0 Å². The normalized spacial score (nSPS) is 15.7. The molecule has 1 fully saturated rings. The minimum atomic E-state index is -0.0454. The first-order chi connectivity index (χ1) is 15.1. The lowest BCUT2D eigenvalue weighted by molar-refractivity contribution is -0.122. The van der Waals surface area contributed by atoms with Gasteiger partial charge in [0.15, 0.2) is 0 Å². The Morgan fingerprint density at radius 3 is 2.71 bits per heavy atom. The van der Waals surface area contributed by atoms with Crippen molar-refractivity contribution in [3.8, 4) is 5.75 Å². The van der Waals surface area contributed by atoms with Crippen molar-refractivity contribution in [3.63, 3.8) is 0 Å². The summed E-state index contributed by atoms with van der Waals surface area (Å²) < 4.78 is 13.2. The molecule has 2 heterocycles. The molecule has 0 bridgehead atoms. The van der Waals surface area contributed by atoms with Gasteiger partial charge >= 0.3 is 0 Å². The van der Waals surface area contributed by atoms with Gasteiger partial charge in [0.25, 0.3) is 0 Å². The Bertz CT molecular complexity index is 1020. The first-order valence-corrected chi connectivity index (χ1v) is 10.9. The zero-order valence-corrected chi connectivity index (χ0v) is 18.3. The number of carbonyl (C=O) groups is 1. The van der Waals surface area contributed by atoms with Gasteiger partial charge < -0.3 is 19.4 Å². The van der Waals surface area contributed by atoms with Gasteiger partial charge in [-0.15, -0.1) is 0 Å². The van der Waals surface area contributed by atoms with Gasteiger partial charge in [0.05, 0.1) is 24.2 Å². The SMILES string of the molecule is CC(CNC(=O)Cn1c(COc2ccc(Cl)cc2)nc2ccccc21)N1CCOCC1. The fourth-order valence-corrected chi connectivity index (χ4v) is 3.83. The van der Waals surface area contributed by atoms with Crippen LogP contribution in [0.2, 0.25) is 5.02 Å². The van der Waals surface area contributed by atoms with Gasteiger partial charge in [-0.05, 0) is 43.3 Å². The van der Waals surface area contributed by atoms with Crippen LogP contribution >= 0.6 is 11.6 Å². The van der Waals surface area contributed by atoms with Crippen molar-refractivity contribution >= 4 is 28.5 Å². The highest BCUT2D eigenvalue weighted by Gasteiger charge is 2.19. The van der Waals surface area contributed by atoms with E-state index in [1.165, 1.54) is 0 Å². The van der Waals surface area contributed by atoms with E-state index in [1.807, 2.05) is 41.0 Å². The number of benzene rings is 2. The molecule has 164 valence electrons. The monoisotopic (exact) mass is 442 g/mol. The summed E-state index contributed by atoms with van der Waals surface area (Å²) in [7, 11) is 0. The summed E-state index contributed by atoms with van der Waals surface area (Å²) in [5.41, 5.74) is 1.75. The van der Waals surface area contributed by atoms with E-state index < -0.39 is 0 Å². The Labute approximate surface area is 186 Å². The number of halogens is 1. The zero-order chi connectivity index (χ0) is 21.6. The van der Waals surface area contributed by atoms with E-state index in [4.69, 9.17) is 21.1 Å². The summed E-state index contributed by atoms with van der Waals surface area (Å²) in [5, 5.41) is 3.72. The molecular formula is C23H27ClN4O3. The number of aromatic nitrogens is 2. The molecule has 8 heteroatoms. The van der Waals surface area contributed by atoms with Crippen LogP contribution in [0.15, 0.2) is 48.5 Å². The molecule has 1 aliphatic heterocycles. The maximum absolute atomic E-state index is 12.7. The molecule has 1 N–H and O–H groups in total. The van der Waals surface area contributed by atoms with Crippen molar-refractivity contribution in [2.75, 3.05) is 32.8 Å². The van der Waals surface area contributed by atoms with Gasteiger partial charge in [0.1, 0.15) is 24.7 Å². The van der Waals surface area contributed by atoms with Crippen LogP contribution in [0.5, 0.6) is 5.75 Å². The predicted octanol–water partition coefficient (Wildman–Crippen LogP) is 3.11. The molecule has 0 radical (unpaired) electrons. The van der Waals surface area contributed by atoms with Crippen molar-refractivity contribution in [2.24, 2.45) is 0 Å². The molecule has 0 spiro atoms. The van der Waals surface area contributed by atoms with E-state index in [-0.39, 0.29) is 25.1 Å². The van der Waals surface area contributed by atoms with Crippen LogP contribution in [0, 0.1) is 0 Å². The highest BCUT2D eigenvalue weighted by molar-refractivity contribution is 6.30. The second-order valence-corrected chi connectivity index (χ2v) is 8.08. The van der Waals surface area contributed by atoms with Gasteiger partial charge in [-0.2, -0.15) is 0 Å². The third-order valence-electron chi connectivity index (χ3n) is 5.48. The Hall–Kier alpha value is -2.61. The Morgan fingerprint density at radius 1 is 1.19 bits per heavy atom. The van der Waals surface area contributed by atoms with E-state index >= 15 is 0 Å². The minimum Gasteiger partial charge on any atom is -0.486 e. The fourth-order valence-electron chi connectivity index (χ4n) is 3.70. The molecule has 1 aromatic heterocycles. The number of carbonyl (C=O) groups excluding carboxylic acids is 1. The van der Waals surface area contributed by atoms with Crippen molar-refractivity contribution in [1.29, 1.82) is 0 Å². The first-order valence-electron chi connectivity index (χ1n) is 10.5. The quantitative estimate of drug-likeness (QED) is 0.580. The molecule has 1 aliphatic rings. The number of rotatable bonds is 8. The molecule has 1 amide bonds. The zero-order valence-electron chi connectivity index (χ0n) is 17.6. The highest BCUT2D eigenvalue weighted by atomic mass is 35.5. The number of hydrogen-bond donors (Lipinski definition) is 1. The Balaban J connectivity index is 1.42. The van der Waals surface area contributed by atoms with Crippen molar-refractivity contribution in [1.82, 2.24) is 19.8 Å². The number of ether oxygens (including phenoxy) is 2. The van der Waals surface area contributed by atoms with E-state index in [2.05, 4.69) is 22.1 Å². The summed E-state index contributed by atoms with van der Waals surface area (Å²) in [6, 6.07) is 15.3. The lowest BCUT2D eigenvalue weighted by Crippen LogP contribution is -2.47. The average Bonchev–Trinajstić information content (AvgIpc) is 3.15. The summed E-state index contributed by atoms with van der Waals surface area (Å²) in [6.45, 7) is 6.46. The molecule has 4 rings (SSSR count). The van der Waals surface area contributed by atoms with Crippen LogP contribution in [0.1, 0.15) is 12.7 Å². The smallest absolute Gasteiger partial charge is 0.240 e. The van der Waals surface area contributed by atoms with Gasteiger partial charge in [-0.25, -0.2) is 4.98 Å². The van der Waals surface area contributed by atoms with Gasteiger partial charge in [0.2, 0.25) is 5.91 Å². The number of hydrogen-bond acceptors (Lipinski definition) is 5. The maximum atomic E-state index is 12.7. The summed E-state index contributed by atoms with van der Waals surface area (Å²) >= 11 is 5.94. The molecule has 3 aromatic rings. The molecule has 0 saturated carbocycles. The van der Waals surface area contributed by atoms with Crippen LogP contribution < -0.4 is 10.1 Å². The van der Waals surface area contributed by atoms with Gasteiger partial charge in [0, 0.05) is 30.7 Å². The number of amides is 1. The number of fused-ring (bicyclic) bond motifs is 1. The topological polar surface area (TPSA) is 68.6 Å². The molecule has 7 nitrogen and oxygen atoms in total. The van der Waals surface area contributed by atoms with Crippen LogP contribution in [0.25, 0.3) is 11.0 Å². The third-order valence-corrected chi connectivity index (χ3v) is 5.73. The van der Waals surface area contributed by atoms with Crippen molar-refractivity contribution in [3.05, 3.63) is 59.4 Å². The number of morpholine rings is 1. The molecule has 1 unspecified atom stereocenters. The van der Waals surface area contributed by atoms with Crippen molar-refractivity contribution in [2.45, 2.75) is 26.1 Å². The van der Waals surface area contributed by atoms with E-state index in [1.54, 1.807) is 12.1 Å². The summed E-state index contributed by atoms with van der Waals surface area (Å²) in [4.78, 5) is 19.8. The largest absolute Gasteiger partial charge is 0.486 e. The predicted molar refractivity (Wildman–Crippen MR) is 120 cm³/mol. The van der Waals surface area contributed by atoms with E-state index in [9.17, 15) is 4.79 Å².